The van der Waals surface area contributed by atoms with Gasteiger partial charge < -0.3 is 19.5 Å². The number of benzene rings is 2. The number of fused-ring (bicyclic) bond motifs is 1. The summed E-state index contributed by atoms with van der Waals surface area (Å²) in [4.78, 5) is 9.20. The van der Waals surface area contributed by atoms with Gasteiger partial charge in [0.25, 0.3) is 0 Å². The van der Waals surface area contributed by atoms with Crippen molar-refractivity contribution in [2.75, 3.05) is 32.1 Å². The van der Waals surface area contributed by atoms with Gasteiger partial charge in [0, 0.05) is 41.8 Å². The third kappa shape index (κ3) is 4.65. The van der Waals surface area contributed by atoms with Gasteiger partial charge in [-0.05, 0) is 63.5 Å². The standard InChI is InChI=1S/C25H31N3O3S/c1-17(27(2)3)18-10-12-28(13-11-18)25-20(16-32(30)31)15-26-23-9-8-19(14-22(23)25)21-6-4-5-7-24(21)29/h4-9,14-15,17-18,29H,10-13,16H2,1-3H3,(H,30,31). The second-order valence-corrected chi connectivity index (χ2v) is 9.81. The van der Waals surface area contributed by atoms with Crippen molar-refractivity contribution < 1.29 is 13.9 Å². The lowest BCUT2D eigenvalue weighted by Gasteiger charge is -2.39. The quantitative estimate of drug-likeness (QED) is 0.536. The van der Waals surface area contributed by atoms with Gasteiger partial charge in [0.15, 0.2) is 11.1 Å². The van der Waals surface area contributed by atoms with Crippen LogP contribution in [0.25, 0.3) is 22.0 Å². The van der Waals surface area contributed by atoms with E-state index in [1.165, 1.54) is 0 Å². The number of aromatic nitrogens is 1. The summed E-state index contributed by atoms with van der Waals surface area (Å²) in [6, 6.07) is 13.8. The summed E-state index contributed by atoms with van der Waals surface area (Å²) < 4.78 is 21.3. The molecule has 0 spiro atoms. The zero-order valence-electron chi connectivity index (χ0n) is 18.9. The molecule has 1 saturated heterocycles. The molecular weight excluding hydrogens is 422 g/mol. The van der Waals surface area contributed by atoms with Crippen molar-refractivity contribution in [3.63, 3.8) is 0 Å². The van der Waals surface area contributed by atoms with Crippen molar-refractivity contribution in [1.82, 2.24) is 9.88 Å². The highest BCUT2D eigenvalue weighted by Crippen LogP contribution is 2.38. The maximum absolute atomic E-state index is 11.7. The molecule has 1 aromatic heterocycles. The lowest BCUT2D eigenvalue weighted by Crippen LogP contribution is -2.42. The van der Waals surface area contributed by atoms with Crippen LogP contribution in [0.5, 0.6) is 5.75 Å². The van der Waals surface area contributed by atoms with E-state index in [0.717, 1.165) is 59.2 Å². The molecule has 170 valence electrons. The Bertz CT molecular complexity index is 1130. The summed E-state index contributed by atoms with van der Waals surface area (Å²) in [5.41, 5.74) is 4.28. The van der Waals surface area contributed by atoms with Gasteiger partial charge in [-0.2, -0.15) is 0 Å². The number of phenols is 1. The average molecular weight is 454 g/mol. The molecule has 0 aliphatic carbocycles. The molecule has 2 atom stereocenters. The Balaban J connectivity index is 1.77. The van der Waals surface area contributed by atoms with Crippen LogP contribution in [0.3, 0.4) is 0 Å². The molecule has 0 radical (unpaired) electrons. The van der Waals surface area contributed by atoms with E-state index in [2.05, 4.69) is 35.8 Å². The van der Waals surface area contributed by atoms with Crippen LogP contribution in [0.4, 0.5) is 5.69 Å². The van der Waals surface area contributed by atoms with Crippen molar-refractivity contribution in [1.29, 1.82) is 0 Å². The molecule has 7 heteroatoms. The van der Waals surface area contributed by atoms with Crippen molar-refractivity contribution in [3.05, 3.63) is 54.2 Å². The Morgan fingerprint density at radius 3 is 2.56 bits per heavy atom. The highest BCUT2D eigenvalue weighted by atomic mass is 32.2. The number of para-hydroxylation sites is 1. The number of rotatable bonds is 6. The molecule has 0 saturated carbocycles. The minimum atomic E-state index is -1.95. The van der Waals surface area contributed by atoms with Crippen LogP contribution in [-0.4, -0.2) is 57.0 Å². The predicted octanol–water partition coefficient (Wildman–Crippen LogP) is 4.50. The molecule has 2 aromatic carbocycles. The number of anilines is 1. The first-order chi connectivity index (χ1) is 15.3. The fourth-order valence-electron chi connectivity index (χ4n) is 4.74. The second-order valence-electron chi connectivity index (χ2n) is 8.88. The van der Waals surface area contributed by atoms with Gasteiger partial charge in [0.05, 0.1) is 17.0 Å². The van der Waals surface area contributed by atoms with Crippen LogP contribution in [-0.2, 0) is 16.8 Å². The second kappa shape index (κ2) is 9.57. The van der Waals surface area contributed by atoms with Crippen molar-refractivity contribution in [2.45, 2.75) is 31.6 Å². The van der Waals surface area contributed by atoms with Crippen molar-refractivity contribution in [2.24, 2.45) is 5.92 Å². The van der Waals surface area contributed by atoms with E-state index in [1.807, 2.05) is 30.3 Å². The summed E-state index contributed by atoms with van der Waals surface area (Å²) in [5, 5.41) is 11.3. The lowest BCUT2D eigenvalue weighted by atomic mass is 9.89. The fraction of sp³-hybridized carbons (Fsp3) is 0.400. The maximum Gasteiger partial charge on any atom is 0.157 e. The van der Waals surface area contributed by atoms with Gasteiger partial charge in [0.1, 0.15) is 5.75 Å². The van der Waals surface area contributed by atoms with E-state index in [0.29, 0.717) is 12.0 Å². The van der Waals surface area contributed by atoms with Gasteiger partial charge in [-0.25, -0.2) is 4.21 Å². The SMILES string of the molecule is CC(C1CCN(c2c(CS(=O)O)cnc3ccc(-c4ccccc4O)cc23)CC1)N(C)C. The lowest BCUT2D eigenvalue weighted by molar-refractivity contribution is 0.199. The molecular formula is C25H31N3O3S. The largest absolute Gasteiger partial charge is 0.507 e. The fourth-order valence-corrected chi connectivity index (χ4v) is 5.22. The first-order valence-corrected chi connectivity index (χ1v) is 12.3. The summed E-state index contributed by atoms with van der Waals surface area (Å²) in [5.74, 6) is 0.904. The molecule has 1 fully saturated rings. The van der Waals surface area contributed by atoms with Gasteiger partial charge in [-0.1, -0.05) is 24.3 Å². The van der Waals surface area contributed by atoms with Gasteiger partial charge in [-0.15, -0.1) is 0 Å². The number of pyridine rings is 1. The first kappa shape index (κ1) is 22.7. The van der Waals surface area contributed by atoms with Gasteiger partial charge >= 0.3 is 0 Å². The molecule has 1 aliphatic rings. The minimum absolute atomic E-state index is 0.0487. The van der Waals surface area contributed by atoms with Crippen LogP contribution in [0.2, 0.25) is 0 Å². The van der Waals surface area contributed by atoms with E-state index in [4.69, 9.17) is 0 Å². The number of piperidine rings is 1. The predicted molar refractivity (Wildman–Crippen MR) is 131 cm³/mol. The first-order valence-electron chi connectivity index (χ1n) is 11.0. The van der Waals surface area contributed by atoms with Gasteiger partial charge in [-0.3, -0.25) is 4.98 Å². The zero-order chi connectivity index (χ0) is 22.8. The van der Waals surface area contributed by atoms with Crippen LogP contribution < -0.4 is 4.90 Å². The Labute approximate surface area is 192 Å². The molecule has 2 N–H and O–H groups in total. The number of aromatic hydroxyl groups is 1. The minimum Gasteiger partial charge on any atom is -0.507 e. The van der Waals surface area contributed by atoms with Crippen LogP contribution in [0, 0.1) is 5.92 Å². The average Bonchev–Trinajstić information content (AvgIpc) is 2.78. The molecule has 1 aliphatic heterocycles. The normalized spacial score (nSPS) is 17.1. The number of nitrogens with zero attached hydrogens (tertiary/aromatic N) is 3. The molecule has 2 unspecified atom stereocenters. The zero-order valence-corrected chi connectivity index (χ0v) is 19.7. The topological polar surface area (TPSA) is 76.9 Å². The Kier molecular flexibility index (Phi) is 6.79. The molecule has 0 amide bonds. The third-order valence-electron chi connectivity index (χ3n) is 6.76. The summed E-state index contributed by atoms with van der Waals surface area (Å²) >= 11 is -1.95. The van der Waals surface area contributed by atoms with Crippen molar-refractivity contribution >= 4 is 27.7 Å². The summed E-state index contributed by atoms with van der Waals surface area (Å²) in [6.45, 7) is 4.07. The Morgan fingerprint density at radius 2 is 1.91 bits per heavy atom. The smallest absolute Gasteiger partial charge is 0.157 e. The maximum atomic E-state index is 11.7. The van der Waals surface area contributed by atoms with E-state index < -0.39 is 11.1 Å². The number of hydrogen-bond acceptors (Lipinski definition) is 5. The van der Waals surface area contributed by atoms with Crippen LogP contribution in [0.15, 0.2) is 48.7 Å². The van der Waals surface area contributed by atoms with Crippen LogP contribution >= 0.6 is 0 Å². The van der Waals surface area contributed by atoms with E-state index in [1.54, 1.807) is 18.3 Å². The summed E-state index contributed by atoms with van der Waals surface area (Å²) in [6.07, 6.45) is 3.88. The van der Waals surface area contributed by atoms with Crippen LogP contribution in [0.1, 0.15) is 25.3 Å². The molecule has 32 heavy (non-hydrogen) atoms. The van der Waals surface area contributed by atoms with Crippen molar-refractivity contribution in [3.8, 4) is 16.9 Å². The number of phenolic OH excluding ortho intramolecular Hbond substituents is 1. The molecule has 6 nitrogen and oxygen atoms in total. The molecule has 3 aromatic rings. The molecule has 0 bridgehead atoms. The highest BCUT2D eigenvalue weighted by Gasteiger charge is 2.27. The van der Waals surface area contributed by atoms with Gasteiger partial charge in [0.2, 0.25) is 0 Å². The molecule has 4 rings (SSSR count). The van der Waals surface area contributed by atoms with E-state index in [9.17, 15) is 13.9 Å². The van der Waals surface area contributed by atoms with E-state index in [-0.39, 0.29) is 11.5 Å². The Hall–Kier alpha value is -2.48. The van der Waals surface area contributed by atoms with E-state index >= 15 is 0 Å². The molecule has 2 heterocycles. The highest BCUT2D eigenvalue weighted by molar-refractivity contribution is 7.78. The monoisotopic (exact) mass is 453 g/mol. The summed E-state index contributed by atoms with van der Waals surface area (Å²) in [7, 11) is 4.26. The third-order valence-corrected chi connectivity index (χ3v) is 7.32. The number of hydrogen-bond donors (Lipinski definition) is 2. The Morgan fingerprint density at radius 1 is 1.19 bits per heavy atom.